The number of carboxylic acids is 1. The number of esters is 1. The first-order valence-corrected chi connectivity index (χ1v) is 5.62. The zero-order valence-electron chi connectivity index (χ0n) is 9.93. The van der Waals surface area contributed by atoms with Gasteiger partial charge in [0.2, 0.25) is 0 Å². The number of carbonyl (C=O) groups is 3. The summed E-state index contributed by atoms with van der Waals surface area (Å²) in [5.74, 6) is -1.86. The fourth-order valence-electron chi connectivity index (χ4n) is 1.67. The first kappa shape index (κ1) is 13.5. The third-order valence-electron chi connectivity index (χ3n) is 2.50. The van der Waals surface area contributed by atoms with Crippen molar-refractivity contribution in [3.05, 3.63) is 0 Å². The van der Waals surface area contributed by atoms with E-state index in [1.54, 1.807) is 0 Å². The van der Waals surface area contributed by atoms with Gasteiger partial charge in [-0.1, -0.05) is 13.8 Å². The van der Waals surface area contributed by atoms with Crippen LogP contribution in [0.2, 0.25) is 0 Å². The lowest BCUT2D eigenvalue weighted by Crippen LogP contribution is -2.46. The van der Waals surface area contributed by atoms with Gasteiger partial charge in [0.15, 0.2) is 6.10 Å². The third-order valence-corrected chi connectivity index (χ3v) is 2.50. The Hall–Kier alpha value is -1.59. The second kappa shape index (κ2) is 5.65. The van der Waals surface area contributed by atoms with Crippen molar-refractivity contribution in [2.45, 2.75) is 45.3 Å². The number of carbonyl (C=O) groups excluding carboxylic acids is 2. The highest BCUT2D eigenvalue weighted by Gasteiger charge is 2.32. The number of ether oxygens (including phenoxy) is 1. The third kappa shape index (κ3) is 4.05. The van der Waals surface area contributed by atoms with E-state index < -0.39 is 30.0 Å². The van der Waals surface area contributed by atoms with Gasteiger partial charge in [0.25, 0.3) is 5.91 Å². The van der Waals surface area contributed by atoms with Gasteiger partial charge in [0, 0.05) is 12.8 Å². The first-order valence-electron chi connectivity index (χ1n) is 5.62. The van der Waals surface area contributed by atoms with Crippen LogP contribution in [0.15, 0.2) is 0 Å². The zero-order chi connectivity index (χ0) is 13.0. The highest BCUT2D eigenvalue weighted by Crippen LogP contribution is 2.14. The van der Waals surface area contributed by atoms with Crippen LogP contribution in [0.3, 0.4) is 0 Å². The van der Waals surface area contributed by atoms with Crippen molar-refractivity contribution in [2.24, 2.45) is 5.92 Å². The molecule has 1 saturated heterocycles. The number of rotatable bonds is 5. The largest absolute Gasteiger partial charge is 0.480 e. The normalized spacial score (nSPS) is 21.1. The molecule has 6 heteroatoms. The summed E-state index contributed by atoms with van der Waals surface area (Å²) in [7, 11) is 0. The van der Waals surface area contributed by atoms with Crippen molar-refractivity contribution in [3.63, 3.8) is 0 Å². The molecule has 6 nitrogen and oxygen atoms in total. The molecule has 0 aromatic rings. The number of carboxylic acid groups (broad SMARTS) is 1. The molecule has 0 saturated carbocycles. The van der Waals surface area contributed by atoms with Crippen molar-refractivity contribution >= 4 is 17.8 Å². The summed E-state index contributed by atoms with van der Waals surface area (Å²) < 4.78 is 4.76. The van der Waals surface area contributed by atoms with Crippen LogP contribution < -0.4 is 5.32 Å². The van der Waals surface area contributed by atoms with E-state index in [9.17, 15) is 14.4 Å². The molecule has 2 N–H and O–H groups in total. The van der Waals surface area contributed by atoms with E-state index in [1.807, 2.05) is 13.8 Å². The van der Waals surface area contributed by atoms with E-state index >= 15 is 0 Å². The molecule has 1 aliphatic rings. The molecule has 0 bridgehead atoms. The molecule has 0 aromatic heterocycles. The Balaban J connectivity index is 2.52. The van der Waals surface area contributed by atoms with Gasteiger partial charge in [-0.25, -0.2) is 4.79 Å². The van der Waals surface area contributed by atoms with E-state index in [0.29, 0.717) is 12.8 Å². The smallest absolute Gasteiger partial charge is 0.326 e. The molecule has 0 radical (unpaired) electrons. The summed E-state index contributed by atoms with van der Waals surface area (Å²) in [4.78, 5) is 33.4. The van der Waals surface area contributed by atoms with Crippen LogP contribution in [0.1, 0.15) is 33.1 Å². The number of cyclic esters (lactones) is 1. The number of hydrogen-bond donors (Lipinski definition) is 2. The average Bonchev–Trinajstić information content (AvgIpc) is 2.63. The highest BCUT2D eigenvalue weighted by atomic mass is 16.6. The fraction of sp³-hybridized carbons (Fsp3) is 0.727. The van der Waals surface area contributed by atoms with Crippen LogP contribution in [0.5, 0.6) is 0 Å². The Labute approximate surface area is 99.3 Å². The second-order valence-corrected chi connectivity index (χ2v) is 4.55. The van der Waals surface area contributed by atoms with Crippen LogP contribution >= 0.6 is 0 Å². The Morgan fingerprint density at radius 3 is 2.59 bits per heavy atom. The van der Waals surface area contributed by atoms with Crippen LogP contribution in [-0.2, 0) is 19.1 Å². The lowest BCUT2D eigenvalue weighted by Gasteiger charge is -2.18. The van der Waals surface area contributed by atoms with Crippen LogP contribution in [-0.4, -0.2) is 35.1 Å². The van der Waals surface area contributed by atoms with Gasteiger partial charge in [0.05, 0.1) is 0 Å². The van der Waals surface area contributed by atoms with Crippen molar-refractivity contribution in [1.29, 1.82) is 0 Å². The minimum absolute atomic E-state index is 0.155. The summed E-state index contributed by atoms with van der Waals surface area (Å²) in [6.07, 6.45) is 0.0389. The standard InChI is InChI=1S/C11H17NO5/c1-6(2)5-7(11(15)16)12-10(14)8-3-4-9(13)17-8/h6-8H,3-5H2,1-2H3,(H,12,14)(H,15,16)/t7-,8-/m0/s1. The lowest BCUT2D eigenvalue weighted by atomic mass is 10.0. The van der Waals surface area contributed by atoms with Crippen LogP contribution in [0, 0.1) is 5.92 Å². The minimum atomic E-state index is -1.07. The Bertz CT molecular complexity index is 326. The molecule has 1 amide bonds. The first-order chi connectivity index (χ1) is 7.90. The maximum Gasteiger partial charge on any atom is 0.326 e. The van der Waals surface area contributed by atoms with Gasteiger partial charge in [-0.05, 0) is 12.3 Å². The average molecular weight is 243 g/mol. The number of nitrogens with one attached hydrogen (secondary N) is 1. The molecule has 2 atom stereocenters. The maximum absolute atomic E-state index is 11.6. The molecule has 1 aliphatic heterocycles. The molecule has 0 unspecified atom stereocenters. The molecular weight excluding hydrogens is 226 g/mol. The number of amides is 1. The van der Waals surface area contributed by atoms with Crippen LogP contribution in [0.25, 0.3) is 0 Å². The molecule has 17 heavy (non-hydrogen) atoms. The van der Waals surface area contributed by atoms with Crippen molar-refractivity contribution in [1.82, 2.24) is 5.32 Å². The van der Waals surface area contributed by atoms with Gasteiger partial charge < -0.3 is 15.2 Å². The predicted octanol–water partition coefficient (Wildman–Crippen LogP) is 0.307. The molecule has 1 rings (SSSR count). The molecule has 0 spiro atoms. The van der Waals surface area contributed by atoms with Gasteiger partial charge in [-0.3, -0.25) is 9.59 Å². The SMILES string of the molecule is CC(C)C[C@H](NC(=O)[C@@H]1CCC(=O)O1)C(=O)O. The van der Waals surface area contributed by atoms with Gasteiger partial charge in [-0.2, -0.15) is 0 Å². The van der Waals surface area contributed by atoms with Gasteiger partial charge in [0.1, 0.15) is 6.04 Å². The molecule has 1 heterocycles. The monoisotopic (exact) mass is 243 g/mol. The Morgan fingerprint density at radius 1 is 1.53 bits per heavy atom. The van der Waals surface area contributed by atoms with E-state index in [4.69, 9.17) is 9.84 Å². The summed E-state index contributed by atoms with van der Waals surface area (Å²) in [5.41, 5.74) is 0. The maximum atomic E-state index is 11.6. The molecule has 0 aromatic carbocycles. The molecule has 1 fully saturated rings. The molecule has 96 valence electrons. The van der Waals surface area contributed by atoms with E-state index in [-0.39, 0.29) is 12.3 Å². The van der Waals surface area contributed by atoms with E-state index in [0.717, 1.165) is 0 Å². The summed E-state index contributed by atoms with van der Waals surface area (Å²) >= 11 is 0. The van der Waals surface area contributed by atoms with E-state index in [2.05, 4.69) is 5.32 Å². The molecule has 0 aliphatic carbocycles. The molecular formula is C11H17NO5. The number of hydrogen-bond acceptors (Lipinski definition) is 4. The highest BCUT2D eigenvalue weighted by molar-refractivity contribution is 5.89. The summed E-state index contributed by atoms with van der Waals surface area (Å²) in [6.45, 7) is 3.75. The summed E-state index contributed by atoms with van der Waals surface area (Å²) in [5, 5.41) is 11.3. The zero-order valence-corrected chi connectivity index (χ0v) is 9.93. The van der Waals surface area contributed by atoms with Gasteiger partial charge in [-0.15, -0.1) is 0 Å². The number of aliphatic carboxylic acids is 1. The Morgan fingerprint density at radius 2 is 2.18 bits per heavy atom. The van der Waals surface area contributed by atoms with Gasteiger partial charge >= 0.3 is 11.9 Å². The van der Waals surface area contributed by atoms with Crippen LogP contribution in [0.4, 0.5) is 0 Å². The lowest BCUT2D eigenvalue weighted by molar-refractivity contribution is -0.150. The van der Waals surface area contributed by atoms with Crippen molar-refractivity contribution in [2.75, 3.05) is 0 Å². The fourth-order valence-corrected chi connectivity index (χ4v) is 1.67. The Kier molecular flexibility index (Phi) is 4.48. The minimum Gasteiger partial charge on any atom is -0.480 e. The van der Waals surface area contributed by atoms with E-state index in [1.165, 1.54) is 0 Å². The summed E-state index contributed by atoms with van der Waals surface area (Å²) in [6, 6.07) is -0.929. The quantitative estimate of drug-likeness (QED) is 0.678. The topological polar surface area (TPSA) is 92.7 Å². The van der Waals surface area contributed by atoms with Crippen molar-refractivity contribution < 1.29 is 24.2 Å². The predicted molar refractivity (Wildman–Crippen MR) is 58.1 cm³/mol. The van der Waals surface area contributed by atoms with Crippen molar-refractivity contribution in [3.8, 4) is 0 Å². The second-order valence-electron chi connectivity index (χ2n) is 4.55.